The molecule has 1 aliphatic heterocycles. The molecular weight excluding hydrogens is 138 g/mol. The van der Waals surface area contributed by atoms with Gasteiger partial charge in [0.15, 0.2) is 9.84 Å². The molecule has 0 aromatic carbocycles. The van der Waals surface area contributed by atoms with Crippen LogP contribution in [0, 0.1) is 0 Å². The number of sulfone groups is 1. The summed E-state index contributed by atoms with van der Waals surface area (Å²) in [4.78, 5) is 0. The summed E-state index contributed by atoms with van der Waals surface area (Å²) in [6.07, 6.45) is 1.60. The maximum Gasteiger partial charge on any atom is 0.151 e. The summed E-state index contributed by atoms with van der Waals surface area (Å²) in [5.74, 6) is 0.522. The van der Waals surface area contributed by atoms with Crippen LogP contribution in [0.25, 0.3) is 0 Å². The van der Waals surface area contributed by atoms with Crippen molar-refractivity contribution >= 4 is 9.84 Å². The third-order valence-corrected chi connectivity index (χ3v) is 3.34. The fraction of sp³-hybridized carbons (Fsp3) is 1.00. The Hall–Kier alpha value is -0.0900. The van der Waals surface area contributed by atoms with Gasteiger partial charge in [-0.1, -0.05) is 0 Å². The molecular formula is C5H11NO2S. The maximum absolute atomic E-state index is 10.8. The van der Waals surface area contributed by atoms with Gasteiger partial charge in [0, 0.05) is 6.04 Å². The molecule has 0 radical (unpaired) electrons. The van der Waals surface area contributed by atoms with Crippen LogP contribution >= 0.6 is 0 Å². The molecule has 1 heterocycles. The lowest BCUT2D eigenvalue weighted by Crippen LogP contribution is -2.35. The number of nitrogens with two attached hydrogens (primary N) is 1. The van der Waals surface area contributed by atoms with Crippen LogP contribution in [0.3, 0.4) is 0 Å². The monoisotopic (exact) mass is 149 g/mol. The van der Waals surface area contributed by atoms with Crippen molar-refractivity contribution in [2.75, 3.05) is 11.5 Å². The van der Waals surface area contributed by atoms with E-state index < -0.39 is 9.84 Å². The van der Waals surface area contributed by atoms with Crippen LogP contribution in [-0.2, 0) is 9.84 Å². The van der Waals surface area contributed by atoms with Crippen LogP contribution in [0.2, 0.25) is 0 Å². The third kappa shape index (κ3) is 1.95. The summed E-state index contributed by atoms with van der Waals surface area (Å²) in [5.41, 5.74) is 5.43. The summed E-state index contributed by atoms with van der Waals surface area (Å²) in [7, 11) is -2.76. The Labute approximate surface area is 55.2 Å². The Bertz CT molecular complexity index is 185. The van der Waals surface area contributed by atoms with Gasteiger partial charge in [0.1, 0.15) is 0 Å². The largest absolute Gasteiger partial charge is 0.327 e. The standard InChI is InChI=1S/C5H11NO2S/c6-5-2-1-3-9(7,8)4-5/h5H,1-4,6H2/t5-/m1/s1. The molecule has 1 aliphatic rings. The number of rotatable bonds is 0. The van der Waals surface area contributed by atoms with E-state index >= 15 is 0 Å². The Kier molecular flexibility index (Phi) is 1.77. The van der Waals surface area contributed by atoms with E-state index in [0.717, 1.165) is 12.8 Å². The van der Waals surface area contributed by atoms with E-state index in [2.05, 4.69) is 0 Å². The topological polar surface area (TPSA) is 60.2 Å². The minimum Gasteiger partial charge on any atom is -0.327 e. The zero-order chi connectivity index (χ0) is 6.91. The predicted molar refractivity (Wildman–Crippen MR) is 35.9 cm³/mol. The zero-order valence-electron chi connectivity index (χ0n) is 5.21. The van der Waals surface area contributed by atoms with Crippen molar-refractivity contribution in [3.8, 4) is 0 Å². The van der Waals surface area contributed by atoms with Gasteiger partial charge < -0.3 is 5.73 Å². The lowest BCUT2D eigenvalue weighted by molar-refractivity contribution is 0.552. The SMILES string of the molecule is N[C@@H]1CCCS(=O)(=O)C1. The second-order valence-corrected chi connectivity index (χ2v) is 4.75. The molecule has 54 valence electrons. The van der Waals surface area contributed by atoms with Gasteiger partial charge in [-0.3, -0.25) is 0 Å². The first-order valence-electron chi connectivity index (χ1n) is 3.06. The van der Waals surface area contributed by atoms with E-state index in [1.165, 1.54) is 0 Å². The summed E-state index contributed by atoms with van der Waals surface area (Å²) in [6, 6.07) is -0.108. The molecule has 0 aliphatic carbocycles. The van der Waals surface area contributed by atoms with Crippen LogP contribution < -0.4 is 5.73 Å². The molecule has 1 atom stereocenters. The molecule has 0 aromatic heterocycles. The summed E-state index contributed by atoms with van der Waals surface area (Å²) in [5, 5.41) is 0. The molecule has 1 fully saturated rings. The molecule has 4 heteroatoms. The van der Waals surface area contributed by atoms with Crippen LogP contribution in [0.5, 0.6) is 0 Å². The smallest absolute Gasteiger partial charge is 0.151 e. The minimum atomic E-state index is -2.76. The predicted octanol–water partition coefficient (Wildman–Crippen LogP) is -0.478. The molecule has 9 heavy (non-hydrogen) atoms. The van der Waals surface area contributed by atoms with Crippen molar-refractivity contribution in [3.05, 3.63) is 0 Å². The summed E-state index contributed by atoms with van der Waals surface area (Å²) < 4.78 is 21.6. The average molecular weight is 149 g/mol. The second kappa shape index (κ2) is 2.27. The highest BCUT2D eigenvalue weighted by Crippen LogP contribution is 2.09. The lowest BCUT2D eigenvalue weighted by atomic mass is 10.2. The molecule has 0 amide bonds. The maximum atomic E-state index is 10.8. The molecule has 1 saturated heterocycles. The van der Waals surface area contributed by atoms with Crippen molar-refractivity contribution in [1.29, 1.82) is 0 Å². The van der Waals surface area contributed by atoms with E-state index in [-0.39, 0.29) is 11.8 Å². The first-order chi connectivity index (χ1) is 4.10. The normalized spacial score (nSPS) is 34.1. The molecule has 0 aromatic rings. The van der Waals surface area contributed by atoms with Crippen molar-refractivity contribution < 1.29 is 8.42 Å². The minimum absolute atomic E-state index is 0.108. The molecule has 1 rings (SSSR count). The molecule has 0 saturated carbocycles. The van der Waals surface area contributed by atoms with Crippen molar-refractivity contribution in [2.24, 2.45) is 5.73 Å². The average Bonchev–Trinajstić information content (AvgIpc) is 1.60. The third-order valence-electron chi connectivity index (χ3n) is 1.50. The Morgan fingerprint density at radius 2 is 2.11 bits per heavy atom. The van der Waals surface area contributed by atoms with Gasteiger partial charge in [0.05, 0.1) is 11.5 Å². The number of hydrogen-bond donors (Lipinski definition) is 1. The van der Waals surface area contributed by atoms with E-state index in [4.69, 9.17) is 5.73 Å². The quantitative estimate of drug-likeness (QED) is 0.506. The fourth-order valence-corrected chi connectivity index (χ4v) is 2.65. The van der Waals surface area contributed by atoms with Crippen LogP contribution in [0.1, 0.15) is 12.8 Å². The van der Waals surface area contributed by atoms with Gasteiger partial charge in [-0.25, -0.2) is 8.42 Å². The number of hydrogen-bond acceptors (Lipinski definition) is 3. The Morgan fingerprint density at radius 3 is 2.44 bits per heavy atom. The summed E-state index contributed by atoms with van der Waals surface area (Å²) in [6.45, 7) is 0. The first kappa shape index (κ1) is 7.02. The van der Waals surface area contributed by atoms with E-state index in [1.807, 2.05) is 0 Å². The highest BCUT2D eigenvalue weighted by atomic mass is 32.2. The molecule has 0 bridgehead atoms. The highest BCUT2D eigenvalue weighted by Gasteiger charge is 2.21. The fourth-order valence-electron chi connectivity index (χ4n) is 1.06. The van der Waals surface area contributed by atoms with Gasteiger partial charge in [0.25, 0.3) is 0 Å². The van der Waals surface area contributed by atoms with Gasteiger partial charge in [-0.2, -0.15) is 0 Å². The zero-order valence-corrected chi connectivity index (χ0v) is 6.02. The second-order valence-electron chi connectivity index (χ2n) is 2.52. The summed E-state index contributed by atoms with van der Waals surface area (Å²) >= 11 is 0. The molecule has 0 spiro atoms. The van der Waals surface area contributed by atoms with Crippen LogP contribution in [-0.4, -0.2) is 26.0 Å². The van der Waals surface area contributed by atoms with Crippen molar-refractivity contribution in [1.82, 2.24) is 0 Å². The molecule has 3 nitrogen and oxygen atoms in total. The van der Waals surface area contributed by atoms with E-state index in [1.54, 1.807) is 0 Å². The van der Waals surface area contributed by atoms with Gasteiger partial charge in [-0.15, -0.1) is 0 Å². The van der Waals surface area contributed by atoms with E-state index in [9.17, 15) is 8.42 Å². The van der Waals surface area contributed by atoms with Gasteiger partial charge in [-0.05, 0) is 12.8 Å². The Morgan fingerprint density at radius 1 is 1.44 bits per heavy atom. The van der Waals surface area contributed by atoms with Crippen molar-refractivity contribution in [3.63, 3.8) is 0 Å². The molecule has 2 N–H and O–H groups in total. The lowest BCUT2D eigenvalue weighted by Gasteiger charge is -2.16. The van der Waals surface area contributed by atoms with Crippen molar-refractivity contribution in [2.45, 2.75) is 18.9 Å². The van der Waals surface area contributed by atoms with Crippen LogP contribution in [0.15, 0.2) is 0 Å². The first-order valence-corrected chi connectivity index (χ1v) is 4.88. The van der Waals surface area contributed by atoms with Gasteiger partial charge in [0.2, 0.25) is 0 Å². The Balaban J connectivity index is 2.62. The van der Waals surface area contributed by atoms with Gasteiger partial charge >= 0.3 is 0 Å². The molecule has 0 unspecified atom stereocenters. The highest BCUT2D eigenvalue weighted by molar-refractivity contribution is 7.91. The van der Waals surface area contributed by atoms with E-state index in [0.29, 0.717) is 5.75 Å². The van der Waals surface area contributed by atoms with Crippen LogP contribution in [0.4, 0.5) is 0 Å².